The summed E-state index contributed by atoms with van der Waals surface area (Å²) >= 11 is 5.58. The quantitative estimate of drug-likeness (QED) is 0.341. The summed E-state index contributed by atoms with van der Waals surface area (Å²) in [6, 6.07) is 5.70. The van der Waals surface area contributed by atoms with Crippen molar-refractivity contribution in [3.05, 3.63) is 29.3 Å². The maximum atomic E-state index is 12.2. The summed E-state index contributed by atoms with van der Waals surface area (Å²) in [5.41, 5.74) is 1.57. The predicted molar refractivity (Wildman–Crippen MR) is 51.9 cm³/mol. The third-order valence-electron chi connectivity index (χ3n) is 1.45. The minimum absolute atomic E-state index is 0.0766. The van der Waals surface area contributed by atoms with Crippen LogP contribution in [0.15, 0.2) is 29.3 Å². The van der Waals surface area contributed by atoms with Crippen LogP contribution >= 0.6 is 11.6 Å². The molecule has 0 aromatic heterocycles. The van der Waals surface area contributed by atoms with E-state index in [1.54, 1.807) is 0 Å². The molecular weight excluding hydrogens is 231 g/mol. The van der Waals surface area contributed by atoms with Crippen LogP contribution in [0.25, 0.3) is 0 Å². The number of hydrazine groups is 1. The summed E-state index contributed by atoms with van der Waals surface area (Å²) in [7, 11) is 0. The van der Waals surface area contributed by atoms with Gasteiger partial charge in [-0.05, 0) is 18.2 Å². The first-order valence-corrected chi connectivity index (χ1v) is 4.19. The van der Waals surface area contributed by atoms with Crippen molar-refractivity contribution in [2.24, 2.45) is 10.8 Å². The molecular formula is C8H7ClF3N3. The van der Waals surface area contributed by atoms with E-state index in [0.29, 0.717) is 5.02 Å². The Hall–Kier alpha value is -1.27. The lowest BCUT2D eigenvalue weighted by Gasteiger charge is -2.08. The zero-order valence-electron chi connectivity index (χ0n) is 7.35. The molecule has 0 spiro atoms. The van der Waals surface area contributed by atoms with Crippen LogP contribution in [0.2, 0.25) is 5.02 Å². The Labute approximate surface area is 88.7 Å². The second-order valence-electron chi connectivity index (χ2n) is 2.58. The fraction of sp³-hybridized carbons (Fsp3) is 0.125. The molecule has 0 saturated carbocycles. The number of nitrogens with zero attached hydrogens (tertiary/aromatic N) is 1. The Bertz CT molecular complexity index is 376. The highest BCUT2D eigenvalue weighted by Gasteiger charge is 2.35. The second kappa shape index (κ2) is 4.50. The number of nitrogens with one attached hydrogen (secondary N) is 1. The highest BCUT2D eigenvalue weighted by atomic mass is 35.5. The van der Waals surface area contributed by atoms with Crippen molar-refractivity contribution in [3.8, 4) is 0 Å². The van der Waals surface area contributed by atoms with Crippen molar-refractivity contribution in [2.45, 2.75) is 6.18 Å². The number of alkyl halides is 3. The van der Waals surface area contributed by atoms with E-state index in [2.05, 4.69) is 4.99 Å². The van der Waals surface area contributed by atoms with Gasteiger partial charge in [0.15, 0.2) is 0 Å². The first-order valence-electron chi connectivity index (χ1n) is 3.81. The Kier molecular flexibility index (Phi) is 3.54. The standard InChI is InChI=1S/C8H7ClF3N3/c9-5-2-1-3-6(4-5)14-7(15-13)8(10,11)12/h1-4H,13H2,(H,14,15). The smallest absolute Gasteiger partial charge is 0.304 e. The molecule has 1 rings (SSSR count). The fourth-order valence-corrected chi connectivity index (χ4v) is 1.04. The number of hydrogen-bond donors (Lipinski definition) is 2. The van der Waals surface area contributed by atoms with E-state index in [-0.39, 0.29) is 5.69 Å². The fourth-order valence-electron chi connectivity index (χ4n) is 0.852. The first-order chi connectivity index (χ1) is 6.93. The number of benzene rings is 1. The largest absolute Gasteiger partial charge is 0.450 e. The van der Waals surface area contributed by atoms with Crippen LogP contribution < -0.4 is 11.3 Å². The summed E-state index contributed by atoms with van der Waals surface area (Å²) < 4.78 is 36.6. The van der Waals surface area contributed by atoms with Crippen LogP contribution in [0.5, 0.6) is 0 Å². The lowest BCUT2D eigenvalue weighted by atomic mass is 10.3. The first kappa shape index (κ1) is 11.8. The molecule has 0 bridgehead atoms. The van der Waals surface area contributed by atoms with E-state index in [1.165, 1.54) is 29.7 Å². The van der Waals surface area contributed by atoms with Gasteiger partial charge < -0.3 is 5.43 Å². The van der Waals surface area contributed by atoms with Gasteiger partial charge in [-0.2, -0.15) is 13.2 Å². The maximum Gasteiger partial charge on any atom is 0.450 e. The molecule has 0 radical (unpaired) electrons. The van der Waals surface area contributed by atoms with Crippen molar-refractivity contribution in [1.29, 1.82) is 0 Å². The average molecular weight is 238 g/mol. The van der Waals surface area contributed by atoms with Crippen molar-refractivity contribution in [1.82, 2.24) is 5.43 Å². The number of aliphatic imine (C=N–C) groups is 1. The molecule has 0 amide bonds. The van der Waals surface area contributed by atoms with E-state index in [9.17, 15) is 13.2 Å². The Balaban J connectivity index is 3.04. The minimum Gasteiger partial charge on any atom is -0.304 e. The molecule has 1 aromatic carbocycles. The molecule has 0 aliphatic carbocycles. The Morgan fingerprint density at radius 3 is 2.53 bits per heavy atom. The molecule has 7 heteroatoms. The van der Waals surface area contributed by atoms with Gasteiger partial charge in [0.25, 0.3) is 0 Å². The Morgan fingerprint density at radius 2 is 2.07 bits per heavy atom. The number of nitrogens with two attached hydrogens (primary N) is 1. The minimum atomic E-state index is -4.61. The number of rotatable bonds is 1. The molecule has 0 fully saturated rings. The van der Waals surface area contributed by atoms with Crippen molar-refractivity contribution in [3.63, 3.8) is 0 Å². The average Bonchev–Trinajstić information content (AvgIpc) is 2.12. The van der Waals surface area contributed by atoms with Crippen LogP contribution in [0.4, 0.5) is 18.9 Å². The number of halogens is 4. The van der Waals surface area contributed by atoms with E-state index >= 15 is 0 Å². The van der Waals surface area contributed by atoms with Gasteiger partial charge in [0.2, 0.25) is 5.84 Å². The lowest BCUT2D eigenvalue weighted by Crippen LogP contribution is -2.41. The molecule has 3 nitrogen and oxygen atoms in total. The van der Waals surface area contributed by atoms with Gasteiger partial charge in [0.05, 0.1) is 5.69 Å². The van der Waals surface area contributed by atoms with E-state index < -0.39 is 12.0 Å². The van der Waals surface area contributed by atoms with Crippen molar-refractivity contribution >= 4 is 23.1 Å². The maximum absolute atomic E-state index is 12.2. The highest BCUT2D eigenvalue weighted by molar-refractivity contribution is 6.30. The molecule has 0 aliphatic rings. The molecule has 0 aliphatic heterocycles. The van der Waals surface area contributed by atoms with Crippen LogP contribution in [-0.4, -0.2) is 12.0 Å². The van der Waals surface area contributed by atoms with Gasteiger partial charge in [-0.3, -0.25) is 0 Å². The zero-order valence-corrected chi connectivity index (χ0v) is 8.10. The van der Waals surface area contributed by atoms with Gasteiger partial charge in [0.1, 0.15) is 0 Å². The molecule has 82 valence electrons. The van der Waals surface area contributed by atoms with Crippen molar-refractivity contribution < 1.29 is 13.2 Å². The molecule has 1 aromatic rings. The molecule has 0 atom stereocenters. The third-order valence-corrected chi connectivity index (χ3v) is 1.69. The third kappa shape index (κ3) is 3.41. The Morgan fingerprint density at radius 1 is 1.40 bits per heavy atom. The van der Waals surface area contributed by atoms with E-state index in [1.807, 2.05) is 0 Å². The van der Waals surface area contributed by atoms with Crippen LogP contribution in [0.3, 0.4) is 0 Å². The van der Waals surface area contributed by atoms with Gasteiger partial charge >= 0.3 is 6.18 Å². The number of hydrogen-bond acceptors (Lipinski definition) is 2. The van der Waals surface area contributed by atoms with Gasteiger partial charge in [0, 0.05) is 5.02 Å². The lowest BCUT2D eigenvalue weighted by molar-refractivity contribution is -0.0617. The number of amidine groups is 1. The SMILES string of the molecule is NNC(=Nc1cccc(Cl)c1)C(F)(F)F. The van der Waals surface area contributed by atoms with E-state index in [4.69, 9.17) is 17.4 Å². The predicted octanol–water partition coefficient (Wildman–Crippen LogP) is 2.40. The van der Waals surface area contributed by atoms with Gasteiger partial charge in [-0.15, -0.1) is 0 Å². The van der Waals surface area contributed by atoms with Crippen LogP contribution in [-0.2, 0) is 0 Å². The summed E-state index contributed by atoms with van der Waals surface area (Å²) in [5, 5.41) is 0.301. The monoisotopic (exact) mass is 237 g/mol. The summed E-state index contributed by atoms with van der Waals surface area (Å²) in [4.78, 5) is 3.28. The van der Waals surface area contributed by atoms with E-state index in [0.717, 1.165) is 0 Å². The van der Waals surface area contributed by atoms with Crippen molar-refractivity contribution in [2.75, 3.05) is 0 Å². The molecule has 15 heavy (non-hydrogen) atoms. The topological polar surface area (TPSA) is 50.4 Å². The molecule has 0 unspecified atom stereocenters. The summed E-state index contributed by atoms with van der Waals surface area (Å²) in [6.07, 6.45) is -4.61. The highest BCUT2D eigenvalue weighted by Crippen LogP contribution is 2.22. The zero-order chi connectivity index (χ0) is 11.5. The van der Waals surface area contributed by atoms with Crippen LogP contribution in [0, 0.1) is 0 Å². The van der Waals surface area contributed by atoms with Gasteiger partial charge in [-0.25, -0.2) is 10.8 Å². The van der Waals surface area contributed by atoms with Crippen LogP contribution in [0.1, 0.15) is 0 Å². The normalized spacial score (nSPS) is 12.7. The van der Waals surface area contributed by atoms with Gasteiger partial charge in [-0.1, -0.05) is 17.7 Å². The summed E-state index contributed by atoms with van der Waals surface area (Å²) in [6.45, 7) is 0. The second-order valence-corrected chi connectivity index (χ2v) is 3.02. The summed E-state index contributed by atoms with van der Waals surface area (Å²) in [5.74, 6) is 3.44. The molecule has 3 N–H and O–H groups in total. The molecule has 0 heterocycles. The molecule has 0 saturated heterocycles.